The largest absolute Gasteiger partial charge is 0.489 e. The molecule has 200 valence electrons. The molecule has 0 saturated heterocycles. The molecule has 0 unspecified atom stereocenters. The maximum absolute atomic E-state index is 13.4. The van der Waals surface area contributed by atoms with Crippen molar-refractivity contribution >= 4 is 49.7 Å². The zero-order valence-electron chi connectivity index (χ0n) is 20.7. The van der Waals surface area contributed by atoms with E-state index in [1.54, 1.807) is 42.5 Å². The highest BCUT2D eigenvalue weighted by molar-refractivity contribution is 9.10. The summed E-state index contributed by atoms with van der Waals surface area (Å²) in [5.74, 6) is 0.0520. The Bertz CT molecular complexity index is 1550. The Labute approximate surface area is 241 Å². The van der Waals surface area contributed by atoms with Crippen LogP contribution in [-0.4, -0.2) is 31.4 Å². The van der Waals surface area contributed by atoms with Crippen LogP contribution in [0.4, 0.5) is 0 Å². The van der Waals surface area contributed by atoms with Gasteiger partial charge in [-0.05, 0) is 59.2 Å². The van der Waals surface area contributed by atoms with Crippen molar-refractivity contribution in [2.24, 2.45) is 5.10 Å². The molecule has 0 aliphatic rings. The van der Waals surface area contributed by atoms with Gasteiger partial charge in [-0.25, -0.2) is 13.8 Å². The first-order valence-corrected chi connectivity index (χ1v) is 14.5. The van der Waals surface area contributed by atoms with Crippen molar-refractivity contribution in [2.45, 2.75) is 18.0 Å². The Morgan fingerprint density at radius 2 is 1.67 bits per heavy atom. The lowest BCUT2D eigenvalue weighted by atomic mass is 10.2. The normalized spacial score (nSPS) is 11.6. The van der Waals surface area contributed by atoms with E-state index in [9.17, 15) is 13.2 Å². The molecule has 4 aromatic carbocycles. The summed E-state index contributed by atoms with van der Waals surface area (Å²) in [5.41, 5.74) is 4.74. The summed E-state index contributed by atoms with van der Waals surface area (Å²) in [7, 11) is -4.02. The maximum atomic E-state index is 13.4. The number of sulfonamides is 1. The second-order valence-electron chi connectivity index (χ2n) is 8.46. The number of hydrogen-bond donors (Lipinski definition) is 1. The van der Waals surface area contributed by atoms with Gasteiger partial charge in [0.1, 0.15) is 12.4 Å². The van der Waals surface area contributed by atoms with Crippen LogP contribution in [0.2, 0.25) is 5.02 Å². The molecule has 1 amide bonds. The van der Waals surface area contributed by atoms with E-state index in [0.29, 0.717) is 28.5 Å². The minimum absolute atomic E-state index is 0.0568. The lowest BCUT2D eigenvalue weighted by Gasteiger charge is -2.22. The minimum atomic E-state index is -4.02. The van der Waals surface area contributed by atoms with Gasteiger partial charge >= 0.3 is 0 Å². The highest BCUT2D eigenvalue weighted by Gasteiger charge is 2.27. The van der Waals surface area contributed by atoms with Gasteiger partial charge in [0.2, 0.25) is 10.0 Å². The lowest BCUT2D eigenvalue weighted by Crippen LogP contribution is -2.39. The molecule has 1 N–H and O–H groups in total. The summed E-state index contributed by atoms with van der Waals surface area (Å²) in [6, 6.07) is 30.2. The van der Waals surface area contributed by atoms with Crippen molar-refractivity contribution in [2.75, 3.05) is 6.54 Å². The van der Waals surface area contributed by atoms with Crippen molar-refractivity contribution in [3.63, 3.8) is 0 Å². The number of carbonyl (C=O) groups excluding carboxylic acids is 1. The van der Waals surface area contributed by atoms with E-state index in [0.717, 1.165) is 14.3 Å². The van der Waals surface area contributed by atoms with Crippen molar-refractivity contribution in [3.8, 4) is 5.75 Å². The molecule has 39 heavy (non-hydrogen) atoms. The van der Waals surface area contributed by atoms with Crippen molar-refractivity contribution in [3.05, 3.63) is 129 Å². The van der Waals surface area contributed by atoms with Gasteiger partial charge < -0.3 is 4.74 Å². The molecule has 0 saturated carbocycles. The summed E-state index contributed by atoms with van der Waals surface area (Å²) in [6.45, 7) is -0.122. The lowest BCUT2D eigenvalue weighted by molar-refractivity contribution is -0.121. The Morgan fingerprint density at radius 1 is 0.949 bits per heavy atom. The van der Waals surface area contributed by atoms with E-state index in [1.165, 1.54) is 18.3 Å². The molecule has 0 fully saturated rings. The number of amides is 1. The Morgan fingerprint density at radius 3 is 2.41 bits per heavy atom. The highest BCUT2D eigenvalue weighted by Crippen LogP contribution is 2.23. The molecule has 0 bridgehead atoms. The maximum Gasteiger partial charge on any atom is 0.255 e. The van der Waals surface area contributed by atoms with Crippen LogP contribution in [-0.2, 0) is 28.0 Å². The van der Waals surface area contributed by atoms with E-state index >= 15 is 0 Å². The molecule has 10 heteroatoms. The molecule has 7 nitrogen and oxygen atoms in total. The number of ether oxygens (including phenoxy) is 1. The van der Waals surface area contributed by atoms with Crippen LogP contribution >= 0.6 is 27.5 Å². The summed E-state index contributed by atoms with van der Waals surface area (Å²) < 4.78 is 34.5. The van der Waals surface area contributed by atoms with E-state index in [4.69, 9.17) is 16.3 Å². The van der Waals surface area contributed by atoms with Crippen LogP contribution in [0.3, 0.4) is 0 Å². The van der Waals surface area contributed by atoms with Gasteiger partial charge in [0.05, 0.1) is 17.7 Å². The van der Waals surface area contributed by atoms with Crippen LogP contribution in [0.5, 0.6) is 5.75 Å². The number of nitrogens with one attached hydrogen (secondary N) is 1. The third-order valence-electron chi connectivity index (χ3n) is 5.59. The number of hydrazone groups is 1. The summed E-state index contributed by atoms with van der Waals surface area (Å²) >= 11 is 9.59. The van der Waals surface area contributed by atoms with Gasteiger partial charge in [-0.2, -0.15) is 9.41 Å². The minimum Gasteiger partial charge on any atom is -0.489 e. The molecular formula is C29H25BrClN3O4S. The predicted octanol–water partition coefficient (Wildman–Crippen LogP) is 6.02. The number of halogens is 2. The molecule has 4 rings (SSSR count). The molecule has 0 aromatic heterocycles. The van der Waals surface area contributed by atoms with Gasteiger partial charge in [-0.1, -0.05) is 88.2 Å². The number of carbonyl (C=O) groups is 1. The topological polar surface area (TPSA) is 88.1 Å². The molecule has 0 heterocycles. The predicted molar refractivity (Wildman–Crippen MR) is 156 cm³/mol. The molecule has 0 aliphatic carbocycles. The van der Waals surface area contributed by atoms with E-state index in [2.05, 4.69) is 26.5 Å². The van der Waals surface area contributed by atoms with Crippen LogP contribution in [0.25, 0.3) is 0 Å². The van der Waals surface area contributed by atoms with E-state index < -0.39 is 22.5 Å². The summed E-state index contributed by atoms with van der Waals surface area (Å²) in [5, 5.41) is 4.42. The smallest absolute Gasteiger partial charge is 0.255 e. The fourth-order valence-electron chi connectivity index (χ4n) is 3.60. The number of nitrogens with zero attached hydrogens (tertiary/aromatic N) is 2. The zero-order chi connectivity index (χ0) is 27.7. The van der Waals surface area contributed by atoms with Crippen molar-refractivity contribution < 1.29 is 17.9 Å². The first-order valence-electron chi connectivity index (χ1n) is 11.9. The van der Waals surface area contributed by atoms with Crippen LogP contribution < -0.4 is 10.2 Å². The third kappa shape index (κ3) is 8.24. The molecule has 0 atom stereocenters. The zero-order valence-corrected chi connectivity index (χ0v) is 23.9. The van der Waals surface area contributed by atoms with Gasteiger partial charge in [-0.3, -0.25) is 4.79 Å². The fraction of sp³-hybridized carbons (Fsp3) is 0.103. The van der Waals surface area contributed by atoms with Crippen molar-refractivity contribution in [1.82, 2.24) is 9.73 Å². The average molecular weight is 627 g/mol. The molecule has 0 radical (unpaired) electrons. The van der Waals surface area contributed by atoms with Gasteiger partial charge in [-0.15, -0.1) is 0 Å². The molecular weight excluding hydrogens is 602 g/mol. The fourth-order valence-corrected chi connectivity index (χ4v) is 5.43. The SMILES string of the molecule is O=C(CN(Cc1ccccc1Cl)S(=O)(=O)c1ccc(Br)cc1)N/N=C/c1cccc(OCc2ccccc2)c1. The first kappa shape index (κ1) is 28.5. The van der Waals surface area contributed by atoms with E-state index in [-0.39, 0.29) is 11.4 Å². The van der Waals surface area contributed by atoms with Gasteiger partial charge in [0.15, 0.2) is 0 Å². The second-order valence-corrected chi connectivity index (χ2v) is 11.7. The van der Waals surface area contributed by atoms with Crippen LogP contribution in [0.15, 0.2) is 118 Å². The summed E-state index contributed by atoms with van der Waals surface area (Å²) in [4.78, 5) is 12.8. The van der Waals surface area contributed by atoms with Crippen LogP contribution in [0, 0.1) is 0 Å². The number of hydrogen-bond acceptors (Lipinski definition) is 5. The van der Waals surface area contributed by atoms with Crippen LogP contribution in [0.1, 0.15) is 16.7 Å². The third-order valence-corrected chi connectivity index (χ3v) is 8.29. The summed E-state index contributed by atoms with van der Waals surface area (Å²) in [6.07, 6.45) is 1.47. The Hall–Kier alpha value is -3.50. The monoisotopic (exact) mass is 625 g/mol. The first-order chi connectivity index (χ1) is 18.8. The van der Waals surface area contributed by atoms with E-state index in [1.807, 2.05) is 48.5 Å². The second kappa shape index (κ2) is 13.5. The molecule has 0 spiro atoms. The Balaban J connectivity index is 1.43. The highest BCUT2D eigenvalue weighted by atomic mass is 79.9. The van der Waals surface area contributed by atoms with Gasteiger partial charge in [0, 0.05) is 16.0 Å². The number of rotatable bonds is 11. The molecule has 4 aromatic rings. The quantitative estimate of drug-likeness (QED) is 0.163. The molecule has 0 aliphatic heterocycles. The van der Waals surface area contributed by atoms with Crippen molar-refractivity contribution in [1.29, 1.82) is 0 Å². The van der Waals surface area contributed by atoms with Gasteiger partial charge in [0.25, 0.3) is 5.91 Å². The number of benzene rings is 4. The Kier molecular flexibility index (Phi) is 9.89. The standard InChI is InChI=1S/C29H25BrClN3O4S/c30-25-13-15-27(16-14-25)39(36,37)34(19-24-10-4-5-12-28(24)31)20-29(35)33-32-18-23-9-6-11-26(17-23)38-21-22-7-2-1-3-8-22/h1-18H,19-21H2,(H,33,35)/b32-18+. The average Bonchev–Trinajstić information content (AvgIpc) is 2.94.